The highest BCUT2D eigenvalue weighted by molar-refractivity contribution is 5.81. The number of anilines is 1. The third-order valence-corrected chi connectivity index (χ3v) is 1.83. The molecule has 0 radical (unpaired) electrons. The van der Waals surface area contributed by atoms with Crippen molar-refractivity contribution in [3.63, 3.8) is 0 Å². The van der Waals surface area contributed by atoms with Gasteiger partial charge < -0.3 is 5.73 Å². The second-order valence-electron chi connectivity index (χ2n) is 2.70. The summed E-state index contributed by atoms with van der Waals surface area (Å²) in [6.45, 7) is 0. The number of rotatable bonds is 2. The third kappa shape index (κ3) is 1.24. The Morgan fingerprint density at radius 3 is 2.86 bits per heavy atom. The number of aldehydes is 1. The van der Waals surface area contributed by atoms with Gasteiger partial charge in [-0.25, -0.2) is 4.98 Å². The molecule has 5 nitrogen and oxygen atoms in total. The van der Waals surface area contributed by atoms with Crippen molar-refractivity contribution in [1.82, 2.24) is 14.8 Å². The van der Waals surface area contributed by atoms with Gasteiger partial charge in [-0.1, -0.05) is 6.07 Å². The number of carbonyl (C=O) groups is 1. The minimum Gasteiger partial charge on any atom is -0.383 e. The normalized spacial score (nSPS) is 10.0. The molecule has 0 amide bonds. The number of carbonyl (C=O) groups excluding carboxylic acids is 1. The Balaban J connectivity index is 2.53. The summed E-state index contributed by atoms with van der Waals surface area (Å²) in [5, 5.41) is 3.95. The van der Waals surface area contributed by atoms with Crippen LogP contribution in [-0.4, -0.2) is 21.1 Å². The molecule has 2 rings (SSSR count). The minimum absolute atomic E-state index is 0.304. The van der Waals surface area contributed by atoms with E-state index in [0.717, 1.165) is 0 Å². The lowest BCUT2D eigenvalue weighted by Gasteiger charge is -2.01. The average Bonchev–Trinajstić information content (AvgIpc) is 2.61. The van der Waals surface area contributed by atoms with Crippen molar-refractivity contribution < 1.29 is 4.79 Å². The van der Waals surface area contributed by atoms with Gasteiger partial charge in [0.05, 0.1) is 11.8 Å². The summed E-state index contributed by atoms with van der Waals surface area (Å²) in [5.74, 6) is 0.900. The van der Waals surface area contributed by atoms with Gasteiger partial charge in [-0.2, -0.15) is 9.78 Å². The second-order valence-corrected chi connectivity index (χ2v) is 2.70. The predicted octanol–water partition coefficient (Wildman–Crippen LogP) is 0.662. The first kappa shape index (κ1) is 8.43. The van der Waals surface area contributed by atoms with Crippen LogP contribution in [-0.2, 0) is 0 Å². The average molecular weight is 188 g/mol. The van der Waals surface area contributed by atoms with Crippen molar-refractivity contribution in [1.29, 1.82) is 0 Å². The van der Waals surface area contributed by atoms with Crippen molar-refractivity contribution in [2.45, 2.75) is 0 Å². The molecule has 0 fully saturated rings. The molecule has 0 unspecified atom stereocenters. The van der Waals surface area contributed by atoms with Crippen LogP contribution in [0.4, 0.5) is 5.82 Å². The van der Waals surface area contributed by atoms with Gasteiger partial charge in [-0.05, 0) is 12.1 Å². The topological polar surface area (TPSA) is 73.8 Å². The molecule has 2 N–H and O–H groups in total. The number of aromatic nitrogens is 3. The maximum atomic E-state index is 10.5. The van der Waals surface area contributed by atoms with Gasteiger partial charge in [0.25, 0.3) is 0 Å². The van der Waals surface area contributed by atoms with E-state index in [0.29, 0.717) is 23.5 Å². The largest absolute Gasteiger partial charge is 0.383 e. The van der Waals surface area contributed by atoms with Crippen LogP contribution in [0.5, 0.6) is 0 Å². The molecule has 0 spiro atoms. The lowest BCUT2D eigenvalue weighted by atomic mass is 10.4. The third-order valence-electron chi connectivity index (χ3n) is 1.83. The van der Waals surface area contributed by atoms with Gasteiger partial charge in [0.2, 0.25) is 0 Å². The van der Waals surface area contributed by atoms with E-state index in [-0.39, 0.29) is 0 Å². The highest BCUT2D eigenvalue weighted by Gasteiger charge is 2.07. The van der Waals surface area contributed by atoms with E-state index in [1.807, 2.05) is 6.07 Å². The summed E-state index contributed by atoms with van der Waals surface area (Å²) < 4.78 is 1.42. The van der Waals surface area contributed by atoms with Crippen LogP contribution in [0.3, 0.4) is 0 Å². The van der Waals surface area contributed by atoms with Gasteiger partial charge in [0.15, 0.2) is 12.1 Å². The molecule has 70 valence electrons. The molecule has 2 aromatic rings. The second kappa shape index (κ2) is 3.29. The fourth-order valence-electron chi connectivity index (χ4n) is 1.12. The van der Waals surface area contributed by atoms with Crippen LogP contribution >= 0.6 is 0 Å². The molecule has 0 aliphatic rings. The first-order valence-electron chi connectivity index (χ1n) is 4.03. The van der Waals surface area contributed by atoms with Crippen molar-refractivity contribution in [3.05, 3.63) is 36.2 Å². The first-order chi connectivity index (χ1) is 6.83. The molecule has 5 heteroatoms. The summed E-state index contributed by atoms with van der Waals surface area (Å²) in [6.07, 6.45) is 3.72. The van der Waals surface area contributed by atoms with E-state index in [1.165, 1.54) is 10.9 Å². The van der Waals surface area contributed by atoms with Gasteiger partial charge >= 0.3 is 0 Å². The molecule has 2 heterocycles. The molecule has 0 aliphatic heterocycles. The maximum absolute atomic E-state index is 10.5. The van der Waals surface area contributed by atoms with Crippen LogP contribution in [0.2, 0.25) is 0 Å². The van der Waals surface area contributed by atoms with Gasteiger partial charge in [-0.3, -0.25) is 4.79 Å². The zero-order valence-electron chi connectivity index (χ0n) is 7.29. The zero-order chi connectivity index (χ0) is 9.97. The number of nitrogens with zero attached hydrogens (tertiary/aromatic N) is 3. The highest BCUT2D eigenvalue weighted by atomic mass is 16.1. The Morgan fingerprint density at radius 1 is 1.43 bits per heavy atom. The van der Waals surface area contributed by atoms with Crippen molar-refractivity contribution in [2.24, 2.45) is 0 Å². The van der Waals surface area contributed by atoms with Crippen LogP contribution in [0.15, 0.2) is 30.6 Å². The SMILES string of the molecule is Nc1c(C=O)cnn1-c1ccccn1. The van der Waals surface area contributed by atoms with Crippen LogP contribution < -0.4 is 5.73 Å². The summed E-state index contributed by atoms with van der Waals surface area (Å²) >= 11 is 0. The predicted molar refractivity (Wildman–Crippen MR) is 51.2 cm³/mol. The Hall–Kier alpha value is -2.17. The summed E-state index contributed by atoms with van der Waals surface area (Å²) in [7, 11) is 0. The summed E-state index contributed by atoms with van der Waals surface area (Å²) in [6, 6.07) is 5.38. The molecule has 2 aromatic heterocycles. The Morgan fingerprint density at radius 2 is 2.29 bits per heavy atom. The highest BCUT2D eigenvalue weighted by Crippen LogP contribution is 2.12. The van der Waals surface area contributed by atoms with Gasteiger partial charge in [0.1, 0.15) is 5.82 Å². The number of hydrogen-bond acceptors (Lipinski definition) is 4. The van der Waals surface area contributed by atoms with Crippen LogP contribution in [0.25, 0.3) is 5.82 Å². The summed E-state index contributed by atoms with van der Waals surface area (Å²) in [5.41, 5.74) is 6.05. The Bertz CT molecular complexity index is 449. The lowest BCUT2D eigenvalue weighted by Crippen LogP contribution is -2.04. The summed E-state index contributed by atoms with van der Waals surface area (Å²) in [4.78, 5) is 14.6. The fourth-order valence-corrected chi connectivity index (χ4v) is 1.12. The smallest absolute Gasteiger partial charge is 0.155 e. The lowest BCUT2D eigenvalue weighted by molar-refractivity contribution is 0.112. The minimum atomic E-state index is 0.304. The van der Waals surface area contributed by atoms with Crippen LogP contribution in [0, 0.1) is 0 Å². The van der Waals surface area contributed by atoms with E-state index in [2.05, 4.69) is 10.1 Å². The molecule has 0 aliphatic carbocycles. The monoisotopic (exact) mass is 188 g/mol. The van der Waals surface area contributed by atoms with Crippen molar-refractivity contribution in [3.8, 4) is 5.82 Å². The number of nitrogen functional groups attached to an aromatic ring is 1. The first-order valence-corrected chi connectivity index (χ1v) is 4.03. The molecule has 0 atom stereocenters. The van der Waals surface area contributed by atoms with E-state index in [9.17, 15) is 4.79 Å². The van der Waals surface area contributed by atoms with E-state index in [1.54, 1.807) is 18.3 Å². The van der Waals surface area contributed by atoms with Crippen molar-refractivity contribution in [2.75, 3.05) is 5.73 Å². The standard InChI is InChI=1S/C9H8N4O/c10-9-7(6-14)5-12-13(9)8-3-1-2-4-11-8/h1-6H,10H2. The molecular weight excluding hydrogens is 180 g/mol. The van der Waals surface area contributed by atoms with Crippen molar-refractivity contribution >= 4 is 12.1 Å². The molecule has 0 bridgehead atoms. The van der Waals surface area contributed by atoms with E-state index < -0.39 is 0 Å². The van der Waals surface area contributed by atoms with Crippen LogP contribution in [0.1, 0.15) is 10.4 Å². The molecule has 0 aromatic carbocycles. The quantitative estimate of drug-likeness (QED) is 0.702. The molecular formula is C9H8N4O. The molecule has 0 saturated carbocycles. The molecule has 14 heavy (non-hydrogen) atoms. The number of pyridine rings is 1. The Kier molecular flexibility index (Phi) is 1.98. The van der Waals surface area contributed by atoms with Gasteiger partial charge in [0, 0.05) is 6.20 Å². The van der Waals surface area contributed by atoms with E-state index >= 15 is 0 Å². The molecule has 0 saturated heterocycles. The number of nitrogens with two attached hydrogens (primary N) is 1. The fraction of sp³-hybridized carbons (Fsp3) is 0. The number of hydrogen-bond donors (Lipinski definition) is 1. The Labute approximate surface area is 80.2 Å². The maximum Gasteiger partial charge on any atom is 0.155 e. The van der Waals surface area contributed by atoms with Gasteiger partial charge in [-0.15, -0.1) is 0 Å². The zero-order valence-corrected chi connectivity index (χ0v) is 7.29. The van der Waals surface area contributed by atoms with E-state index in [4.69, 9.17) is 5.73 Å².